The van der Waals surface area contributed by atoms with E-state index in [0.717, 1.165) is 25.6 Å². The van der Waals surface area contributed by atoms with E-state index < -0.39 is 0 Å². The first-order chi connectivity index (χ1) is 9.62. The standard InChI is InChI=1S/C17H35NO2/c1-5-7-16-8-10-17(11-9-16,14-18-6-2)20-13-12-19-15(3)4/h15-16,18H,5-14H2,1-4H3. The quantitative estimate of drug-likeness (QED) is 0.620. The van der Waals surface area contributed by atoms with E-state index >= 15 is 0 Å². The molecule has 0 spiro atoms. The van der Waals surface area contributed by atoms with Gasteiger partial charge in [-0.1, -0.05) is 26.7 Å². The Morgan fingerprint density at radius 3 is 2.40 bits per heavy atom. The molecule has 1 fully saturated rings. The summed E-state index contributed by atoms with van der Waals surface area (Å²) in [5.74, 6) is 0.922. The lowest BCUT2D eigenvalue weighted by Crippen LogP contribution is -2.46. The zero-order chi connectivity index (χ0) is 14.8. The third-order valence-electron chi connectivity index (χ3n) is 4.35. The molecule has 0 heterocycles. The highest BCUT2D eigenvalue weighted by Gasteiger charge is 2.35. The maximum Gasteiger partial charge on any atom is 0.0807 e. The van der Waals surface area contributed by atoms with E-state index in [0.29, 0.717) is 12.7 Å². The minimum absolute atomic E-state index is 0.0561. The van der Waals surface area contributed by atoms with Gasteiger partial charge in [-0.15, -0.1) is 0 Å². The molecule has 20 heavy (non-hydrogen) atoms. The molecule has 1 N–H and O–H groups in total. The molecule has 1 rings (SSSR count). The second-order valence-corrected chi connectivity index (χ2v) is 6.46. The summed E-state index contributed by atoms with van der Waals surface area (Å²) < 4.78 is 11.9. The van der Waals surface area contributed by atoms with E-state index in [-0.39, 0.29) is 5.60 Å². The minimum Gasteiger partial charge on any atom is -0.376 e. The first-order valence-electron chi connectivity index (χ1n) is 8.58. The molecule has 0 saturated heterocycles. The number of likely N-dealkylation sites (N-methyl/N-ethyl adjacent to an activating group) is 1. The monoisotopic (exact) mass is 285 g/mol. The summed E-state index contributed by atoms with van der Waals surface area (Å²) in [6, 6.07) is 0. The molecule has 120 valence electrons. The van der Waals surface area contributed by atoms with Crippen molar-refractivity contribution < 1.29 is 9.47 Å². The third-order valence-corrected chi connectivity index (χ3v) is 4.35. The summed E-state index contributed by atoms with van der Waals surface area (Å²) in [6.45, 7) is 12.1. The number of ether oxygens (including phenoxy) is 2. The van der Waals surface area contributed by atoms with Crippen molar-refractivity contribution in [3.63, 3.8) is 0 Å². The van der Waals surface area contributed by atoms with Crippen LogP contribution in [0.15, 0.2) is 0 Å². The Morgan fingerprint density at radius 2 is 1.85 bits per heavy atom. The largest absolute Gasteiger partial charge is 0.376 e. The van der Waals surface area contributed by atoms with Crippen LogP contribution in [0.2, 0.25) is 0 Å². The highest BCUT2D eigenvalue weighted by molar-refractivity contribution is 4.89. The molecule has 1 saturated carbocycles. The third kappa shape index (κ3) is 6.55. The Labute approximate surface area is 125 Å². The predicted molar refractivity (Wildman–Crippen MR) is 85.2 cm³/mol. The molecule has 0 aromatic carbocycles. The number of hydrogen-bond donors (Lipinski definition) is 1. The Morgan fingerprint density at radius 1 is 1.15 bits per heavy atom. The van der Waals surface area contributed by atoms with Crippen molar-refractivity contribution in [1.82, 2.24) is 5.32 Å². The Balaban J connectivity index is 2.38. The van der Waals surface area contributed by atoms with Gasteiger partial charge in [-0.05, 0) is 52.0 Å². The minimum atomic E-state index is 0.0561. The fraction of sp³-hybridized carbons (Fsp3) is 1.00. The molecule has 0 bridgehead atoms. The molecule has 1 aliphatic rings. The molecule has 3 heteroatoms. The Kier molecular flexibility index (Phi) is 8.74. The average molecular weight is 285 g/mol. The molecule has 3 nitrogen and oxygen atoms in total. The van der Waals surface area contributed by atoms with Crippen LogP contribution in [0.5, 0.6) is 0 Å². The lowest BCUT2D eigenvalue weighted by molar-refractivity contribution is -0.0976. The van der Waals surface area contributed by atoms with Crippen LogP contribution < -0.4 is 5.32 Å². The van der Waals surface area contributed by atoms with E-state index in [1.807, 2.05) is 0 Å². The van der Waals surface area contributed by atoms with Crippen LogP contribution in [0.3, 0.4) is 0 Å². The smallest absolute Gasteiger partial charge is 0.0807 e. The van der Waals surface area contributed by atoms with E-state index in [9.17, 15) is 0 Å². The molecule has 0 radical (unpaired) electrons. The second kappa shape index (κ2) is 9.75. The summed E-state index contributed by atoms with van der Waals surface area (Å²) in [5.41, 5.74) is 0.0561. The molecular formula is C17H35NO2. The first kappa shape index (κ1) is 17.9. The zero-order valence-corrected chi connectivity index (χ0v) is 14.0. The molecule has 0 aromatic rings. The SMILES string of the molecule is CCCC1CCC(CNCC)(OCCOC(C)C)CC1. The fourth-order valence-corrected chi connectivity index (χ4v) is 3.17. The van der Waals surface area contributed by atoms with E-state index in [1.54, 1.807) is 0 Å². The van der Waals surface area contributed by atoms with Crippen LogP contribution in [0.1, 0.15) is 66.2 Å². The van der Waals surface area contributed by atoms with Crippen molar-refractivity contribution in [1.29, 1.82) is 0 Å². The van der Waals surface area contributed by atoms with Crippen LogP contribution in [-0.4, -0.2) is 38.0 Å². The Hall–Kier alpha value is -0.120. The average Bonchev–Trinajstić information content (AvgIpc) is 2.44. The van der Waals surface area contributed by atoms with Crippen molar-refractivity contribution in [2.24, 2.45) is 5.92 Å². The molecule has 0 atom stereocenters. The number of hydrogen-bond acceptors (Lipinski definition) is 3. The van der Waals surface area contributed by atoms with Gasteiger partial charge in [0, 0.05) is 6.54 Å². The van der Waals surface area contributed by atoms with Crippen LogP contribution >= 0.6 is 0 Å². The van der Waals surface area contributed by atoms with Gasteiger partial charge < -0.3 is 14.8 Å². The van der Waals surface area contributed by atoms with E-state index in [2.05, 4.69) is 33.0 Å². The van der Waals surface area contributed by atoms with Gasteiger partial charge in [-0.3, -0.25) is 0 Å². The highest BCUT2D eigenvalue weighted by Crippen LogP contribution is 2.36. The van der Waals surface area contributed by atoms with Crippen molar-refractivity contribution in [3.8, 4) is 0 Å². The van der Waals surface area contributed by atoms with E-state index in [4.69, 9.17) is 9.47 Å². The van der Waals surface area contributed by atoms with Crippen molar-refractivity contribution in [3.05, 3.63) is 0 Å². The molecule has 0 unspecified atom stereocenters. The summed E-state index contributed by atoms with van der Waals surface area (Å²) >= 11 is 0. The van der Waals surface area contributed by atoms with Gasteiger partial charge in [0.15, 0.2) is 0 Å². The topological polar surface area (TPSA) is 30.5 Å². The molecular weight excluding hydrogens is 250 g/mol. The van der Waals surface area contributed by atoms with Gasteiger partial charge >= 0.3 is 0 Å². The van der Waals surface area contributed by atoms with Gasteiger partial charge in [0.1, 0.15) is 0 Å². The van der Waals surface area contributed by atoms with Gasteiger partial charge in [0.2, 0.25) is 0 Å². The lowest BCUT2D eigenvalue weighted by Gasteiger charge is -2.40. The molecule has 0 aromatic heterocycles. The summed E-state index contributed by atoms with van der Waals surface area (Å²) in [4.78, 5) is 0. The zero-order valence-electron chi connectivity index (χ0n) is 14.0. The molecule has 1 aliphatic carbocycles. The van der Waals surface area contributed by atoms with Crippen LogP contribution in [0, 0.1) is 5.92 Å². The first-order valence-corrected chi connectivity index (χ1v) is 8.58. The van der Waals surface area contributed by atoms with Gasteiger partial charge in [0.05, 0.1) is 24.9 Å². The van der Waals surface area contributed by atoms with Crippen LogP contribution in [0.25, 0.3) is 0 Å². The van der Waals surface area contributed by atoms with Gasteiger partial charge in [-0.25, -0.2) is 0 Å². The van der Waals surface area contributed by atoms with E-state index in [1.165, 1.54) is 38.5 Å². The summed E-state index contributed by atoms with van der Waals surface area (Å²) in [5, 5.41) is 3.49. The fourth-order valence-electron chi connectivity index (χ4n) is 3.17. The number of nitrogens with one attached hydrogen (secondary N) is 1. The molecule has 0 aliphatic heterocycles. The Bertz CT molecular complexity index is 235. The van der Waals surface area contributed by atoms with Gasteiger partial charge in [-0.2, -0.15) is 0 Å². The van der Waals surface area contributed by atoms with Crippen LogP contribution in [0.4, 0.5) is 0 Å². The lowest BCUT2D eigenvalue weighted by atomic mass is 9.77. The molecule has 0 amide bonds. The predicted octanol–water partition coefficient (Wildman–Crippen LogP) is 3.77. The summed E-state index contributed by atoms with van der Waals surface area (Å²) in [7, 11) is 0. The normalized spacial score (nSPS) is 27.1. The van der Waals surface area contributed by atoms with Crippen molar-refractivity contribution in [2.45, 2.75) is 77.9 Å². The maximum absolute atomic E-state index is 6.26. The maximum atomic E-state index is 6.26. The highest BCUT2D eigenvalue weighted by atomic mass is 16.5. The second-order valence-electron chi connectivity index (χ2n) is 6.46. The van der Waals surface area contributed by atoms with Crippen molar-refractivity contribution >= 4 is 0 Å². The van der Waals surface area contributed by atoms with Gasteiger partial charge in [0.25, 0.3) is 0 Å². The number of rotatable bonds is 10. The van der Waals surface area contributed by atoms with Crippen molar-refractivity contribution in [2.75, 3.05) is 26.3 Å². The van der Waals surface area contributed by atoms with Crippen LogP contribution in [-0.2, 0) is 9.47 Å². The summed E-state index contributed by atoms with van der Waals surface area (Å²) in [6.07, 6.45) is 8.04.